The van der Waals surface area contributed by atoms with Gasteiger partial charge in [0.05, 0.1) is 19.8 Å². The van der Waals surface area contributed by atoms with Crippen LogP contribution in [-0.4, -0.2) is 50.8 Å². The number of sulfone groups is 1. The molecule has 1 aliphatic heterocycles. The van der Waals surface area contributed by atoms with Crippen LogP contribution in [0.4, 0.5) is 10.3 Å². The molecule has 0 saturated carbocycles. The van der Waals surface area contributed by atoms with Crippen molar-refractivity contribution >= 4 is 63.2 Å². The molecule has 5 rings (SSSR count). The predicted molar refractivity (Wildman–Crippen MR) is 126 cm³/mol. The molecular formula is C21H22N4O2S3. The Labute approximate surface area is 183 Å². The molecule has 1 saturated heterocycles. The Kier molecular flexibility index (Phi) is 4.91. The van der Waals surface area contributed by atoms with Gasteiger partial charge in [0.1, 0.15) is 5.52 Å². The van der Waals surface area contributed by atoms with Crippen LogP contribution in [-0.2, 0) is 16.3 Å². The molecule has 6 nitrogen and oxygen atoms in total. The number of hydrogen-bond donors (Lipinski definition) is 0. The summed E-state index contributed by atoms with van der Waals surface area (Å²) in [6.07, 6.45) is 2.23. The van der Waals surface area contributed by atoms with Crippen molar-refractivity contribution in [3.63, 3.8) is 0 Å². The van der Waals surface area contributed by atoms with E-state index in [0.717, 1.165) is 53.1 Å². The summed E-state index contributed by atoms with van der Waals surface area (Å²) < 4.78 is 26.3. The standard InChI is InChI=1S/C21H22N4O2S3/c1-3-14-6-4-7-15-18(14)22-20(28-15)24-10-12-25(13-11-24)21-23-19-16(29-21)8-5-9-17(19)30(2,26)27/h4-9H,3,10-13H2,1-2H3. The van der Waals surface area contributed by atoms with E-state index in [1.807, 2.05) is 6.07 Å². The maximum Gasteiger partial charge on any atom is 0.186 e. The molecular weight excluding hydrogens is 436 g/mol. The van der Waals surface area contributed by atoms with Crippen molar-refractivity contribution in [2.75, 3.05) is 42.2 Å². The molecule has 0 amide bonds. The molecule has 0 atom stereocenters. The Morgan fingerprint density at radius 1 is 0.867 bits per heavy atom. The molecule has 3 heterocycles. The van der Waals surface area contributed by atoms with Crippen molar-refractivity contribution in [1.29, 1.82) is 0 Å². The van der Waals surface area contributed by atoms with Gasteiger partial charge in [0.25, 0.3) is 0 Å². The van der Waals surface area contributed by atoms with Crippen molar-refractivity contribution < 1.29 is 8.42 Å². The van der Waals surface area contributed by atoms with E-state index in [2.05, 4.69) is 34.9 Å². The first kappa shape index (κ1) is 19.7. The molecule has 0 unspecified atom stereocenters. The highest BCUT2D eigenvalue weighted by Crippen LogP contribution is 2.35. The van der Waals surface area contributed by atoms with E-state index < -0.39 is 9.84 Å². The van der Waals surface area contributed by atoms with Gasteiger partial charge in [-0.2, -0.15) is 0 Å². The molecule has 30 heavy (non-hydrogen) atoms. The highest BCUT2D eigenvalue weighted by molar-refractivity contribution is 7.91. The van der Waals surface area contributed by atoms with Gasteiger partial charge in [-0.1, -0.05) is 47.8 Å². The van der Waals surface area contributed by atoms with Crippen molar-refractivity contribution in [2.45, 2.75) is 18.2 Å². The molecule has 0 radical (unpaired) electrons. The number of fused-ring (bicyclic) bond motifs is 2. The van der Waals surface area contributed by atoms with E-state index in [4.69, 9.17) is 9.97 Å². The number of anilines is 2. The van der Waals surface area contributed by atoms with Crippen molar-refractivity contribution in [1.82, 2.24) is 9.97 Å². The second kappa shape index (κ2) is 7.47. The van der Waals surface area contributed by atoms with E-state index >= 15 is 0 Å². The molecule has 0 bridgehead atoms. The number of nitrogens with zero attached hydrogens (tertiary/aromatic N) is 4. The van der Waals surface area contributed by atoms with Gasteiger partial charge in [0, 0.05) is 32.4 Å². The smallest absolute Gasteiger partial charge is 0.186 e. The number of aromatic nitrogens is 2. The lowest BCUT2D eigenvalue weighted by Crippen LogP contribution is -2.46. The first-order chi connectivity index (χ1) is 14.4. The van der Waals surface area contributed by atoms with Crippen LogP contribution in [0, 0.1) is 0 Å². The Bertz CT molecular complexity index is 1340. The van der Waals surface area contributed by atoms with Gasteiger partial charge in [-0.15, -0.1) is 0 Å². The van der Waals surface area contributed by atoms with Crippen LogP contribution in [0.5, 0.6) is 0 Å². The van der Waals surface area contributed by atoms with Crippen LogP contribution in [0.1, 0.15) is 12.5 Å². The van der Waals surface area contributed by atoms with Crippen molar-refractivity contribution in [3.05, 3.63) is 42.0 Å². The molecule has 1 fully saturated rings. The average molecular weight is 459 g/mol. The second-order valence-corrected chi connectivity index (χ2v) is 11.5. The summed E-state index contributed by atoms with van der Waals surface area (Å²) in [5, 5.41) is 1.97. The third kappa shape index (κ3) is 3.44. The third-order valence-corrected chi connectivity index (χ3v) is 8.75. The molecule has 0 spiro atoms. The largest absolute Gasteiger partial charge is 0.345 e. The van der Waals surface area contributed by atoms with Crippen LogP contribution >= 0.6 is 22.7 Å². The summed E-state index contributed by atoms with van der Waals surface area (Å²) in [7, 11) is -3.30. The first-order valence-corrected chi connectivity index (χ1v) is 13.4. The quantitative estimate of drug-likeness (QED) is 0.457. The number of aryl methyl sites for hydroxylation is 1. The summed E-state index contributed by atoms with van der Waals surface area (Å²) in [6.45, 7) is 5.58. The van der Waals surface area contributed by atoms with Gasteiger partial charge in [0.2, 0.25) is 0 Å². The fourth-order valence-corrected chi connectivity index (χ4v) is 6.86. The minimum Gasteiger partial charge on any atom is -0.345 e. The van der Waals surface area contributed by atoms with E-state index in [0.29, 0.717) is 10.4 Å². The Morgan fingerprint density at radius 2 is 1.40 bits per heavy atom. The highest BCUT2D eigenvalue weighted by atomic mass is 32.2. The molecule has 1 aliphatic rings. The number of piperazine rings is 1. The van der Waals surface area contributed by atoms with Crippen molar-refractivity contribution in [3.8, 4) is 0 Å². The van der Waals surface area contributed by atoms with Gasteiger partial charge in [-0.3, -0.25) is 0 Å². The second-order valence-electron chi connectivity index (χ2n) is 7.46. The van der Waals surface area contributed by atoms with E-state index in [1.165, 1.54) is 16.5 Å². The first-order valence-electron chi connectivity index (χ1n) is 9.92. The summed E-state index contributed by atoms with van der Waals surface area (Å²) in [4.78, 5) is 14.5. The molecule has 2 aromatic heterocycles. The number of thiazole rings is 2. The van der Waals surface area contributed by atoms with E-state index in [-0.39, 0.29) is 0 Å². The molecule has 156 valence electrons. The summed E-state index contributed by atoms with van der Waals surface area (Å²) >= 11 is 3.31. The van der Waals surface area contributed by atoms with Gasteiger partial charge in [0.15, 0.2) is 20.1 Å². The van der Waals surface area contributed by atoms with E-state index in [1.54, 1.807) is 34.8 Å². The fourth-order valence-electron chi connectivity index (χ4n) is 3.85. The lowest BCUT2D eigenvalue weighted by molar-refractivity contribution is 0.602. The van der Waals surface area contributed by atoms with Gasteiger partial charge in [-0.25, -0.2) is 18.4 Å². The van der Waals surface area contributed by atoms with Crippen molar-refractivity contribution in [2.24, 2.45) is 0 Å². The van der Waals surface area contributed by atoms with Crippen LogP contribution in [0.15, 0.2) is 41.3 Å². The summed E-state index contributed by atoms with van der Waals surface area (Å²) in [5.74, 6) is 0. The normalized spacial score (nSPS) is 15.4. The van der Waals surface area contributed by atoms with Gasteiger partial charge < -0.3 is 9.80 Å². The number of rotatable bonds is 4. The predicted octanol–water partition coefficient (Wildman–Crippen LogP) is 4.20. The topological polar surface area (TPSA) is 66.4 Å². The lowest BCUT2D eigenvalue weighted by Gasteiger charge is -2.34. The van der Waals surface area contributed by atoms with Gasteiger partial charge >= 0.3 is 0 Å². The fraction of sp³-hybridized carbons (Fsp3) is 0.333. The molecule has 2 aromatic carbocycles. The van der Waals surface area contributed by atoms with Crippen LogP contribution < -0.4 is 9.80 Å². The number of para-hydroxylation sites is 2. The van der Waals surface area contributed by atoms with Gasteiger partial charge in [-0.05, 0) is 30.2 Å². The Balaban J connectivity index is 1.37. The Morgan fingerprint density at radius 3 is 1.97 bits per heavy atom. The molecule has 4 aromatic rings. The van der Waals surface area contributed by atoms with Crippen LogP contribution in [0.3, 0.4) is 0 Å². The SMILES string of the molecule is CCc1cccc2sc(N3CCN(c4nc5c(S(C)(=O)=O)cccc5s4)CC3)nc12. The highest BCUT2D eigenvalue weighted by Gasteiger charge is 2.24. The maximum atomic E-state index is 12.1. The zero-order chi connectivity index (χ0) is 20.9. The average Bonchev–Trinajstić information content (AvgIpc) is 3.37. The van der Waals surface area contributed by atoms with Crippen LogP contribution in [0.25, 0.3) is 20.4 Å². The zero-order valence-corrected chi connectivity index (χ0v) is 19.3. The molecule has 0 N–H and O–H groups in total. The number of hydrogen-bond acceptors (Lipinski definition) is 8. The maximum absolute atomic E-state index is 12.1. The zero-order valence-electron chi connectivity index (χ0n) is 16.8. The Hall–Kier alpha value is -2.23. The molecule has 0 aliphatic carbocycles. The molecule has 9 heteroatoms. The van der Waals surface area contributed by atoms with Crippen LogP contribution in [0.2, 0.25) is 0 Å². The third-order valence-electron chi connectivity index (χ3n) is 5.46. The lowest BCUT2D eigenvalue weighted by atomic mass is 10.1. The minimum atomic E-state index is -3.30. The van der Waals surface area contributed by atoms with E-state index in [9.17, 15) is 8.42 Å². The minimum absolute atomic E-state index is 0.308. The monoisotopic (exact) mass is 458 g/mol. The number of benzene rings is 2. The summed E-state index contributed by atoms with van der Waals surface area (Å²) in [5.41, 5.74) is 3.01. The summed E-state index contributed by atoms with van der Waals surface area (Å²) in [6, 6.07) is 11.8.